The van der Waals surface area contributed by atoms with Crippen LogP contribution in [0.5, 0.6) is 0 Å². The van der Waals surface area contributed by atoms with E-state index in [0.29, 0.717) is 23.0 Å². The van der Waals surface area contributed by atoms with Gasteiger partial charge in [-0.3, -0.25) is 25.0 Å². The minimum atomic E-state index is -0.833. The number of hydrogen-bond donors (Lipinski definition) is 0. The zero-order valence-corrected chi connectivity index (χ0v) is 16.5. The average Bonchev–Trinajstić information content (AvgIpc) is 3.01. The number of carbonyl (C=O) groups is 1. The Hall–Kier alpha value is -3.15. The van der Waals surface area contributed by atoms with Crippen LogP contribution in [-0.2, 0) is 11.3 Å². The number of carbonyl (C=O) groups excluding carboxylic acids is 1. The van der Waals surface area contributed by atoms with Crippen LogP contribution in [0.4, 0.5) is 11.4 Å². The molecule has 0 radical (unpaired) electrons. The van der Waals surface area contributed by atoms with E-state index in [9.17, 15) is 25.0 Å². The molecule has 0 fully saturated rings. The average molecular weight is 437 g/mol. The van der Waals surface area contributed by atoms with Gasteiger partial charge < -0.3 is 9.30 Å². The van der Waals surface area contributed by atoms with Crippen molar-refractivity contribution in [3.05, 3.63) is 72.0 Å². The smallest absolute Gasteiger partial charge is 0.280 e. The van der Waals surface area contributed by atoms with Crippen LogP contribution in [0.2, 0.25) is 5.02 Å². The molecule has 0 aliphatic rings. The third-order valence-electron chi connectivity index (χ3n) is 3.93. The highest BCUT2D eigenvalue weighted by Crippen LogP contribution is 2.24. The van der Waals surface area contributed by atoms with Gasteiger partial charge in [-0.1, -0.05) is 22.9 Å². The van der Waals surface area contributed by atoms with Crippen molar-refractivity contribution in [1.29, 1.82) is 0 Å². The monoisotopic (exact) mass is 436 g/mol. The normalized spacial score (nSPS) is 11.7. The summed E-state index contributed by atoms with van der Waals surface area (Å²) < 4.78 is 7.63. The van der Waals surface area contributed by atoms with Crippen molar-refractivity contribution in [1.82, 2.24) is 4.57 Å². The Balaban J connectivity index is 2.14. The largest absolute Gasteiger partial charge is 0.383 e. The summed E-state index contributed by atoms with van der Waals surface area (Å²) in [5.41, 5.74) is -0.589. The number of hydrogen-bond acceptors (Lipinski definition) is 7. The van der Waals surface area contributed by atoms with Crippen molar-refractivity contribution >= 4 is 50.4 Å². The number of benzene rings is 2. The van der Waals surface area contributed by atoms with E-state index in [1.54, 1.807) is 22.8 Å². The van der Waals surface area contributed by atoms with E-state index in [1.165, 1.54) is 18.4 Å². The molecule has 3 rings (SSSR count). The molecule has 1 aromatic heterocycles. The minimum absolute atomic E-state index is 0.250. The van der Waals surface area contributed by atoms with Gasteiger partial charge in [0.05, 0.1) is 38.3 Å². The molecule has 10 nitrogen and oxygen atoms in total. The second-order valence-electron chi connectivity index (χ2n) is 5.81. The first-order valence-corrected chi connectivity index (χ1v) is 9.30. The molecular weight excluding hydrogens is 424 g/mol. The Kier molecular flexibility index (Phi) is 6.01. The van der Waals surface area contributed by atoms with Gasteiger partial charge >= 0.3 is 0 Å². The molecular formula is C17H13ClN4O6S. The third-order valence-corrected chi connectivity index (χ3v) is 5.21. The van der Waals surface area contributed by atoms with Crippen LogP contribution >= 0.6 is 22.9 Å². The third kappa shape index (κ3) is 4.47. The standard InChI is InChI=1S/C17H13ClN4O6S/c1-28-5-4-20-14-3-2-11(18)8-15(14)29-17(20)19-16(23)10-6-12(21(24)25)9-13(7-10)22(26)27/h2-3,6-9H,4-5H2,1H3. The zero-order valence-electron chi connectivity index (χ0n) is 14.9. The van der Waals surface area contributed by atoms with Gasteiger partial charge in [0.25, 0.3) is 17.3 Å². The van der Waals surface area contributed by atoms with Crippen LogP contribution in [0.25, 0.3) is 10.2 Å². The van der Waals surface area contributed by atoms with Crippen LogP contribution < -0.4 is 4.80 Å². The summed E-state index contributed by atoms with van der Waals surface area (Å²) in [5, 5.41) is 22.6. The first kappa shape index (κ1) is 20.6. The van der Waals surface area contributed by atoms with E-state index in [2.05, 4.69) is 4.99 Å². The van der Waals surface area contributed by atoms with Gasteiger partial charge in [0, 0.05) is 30.8 Å². The Morgan fingerprint density at radius 1 is 1.17 bits per heavy atom. The number of nitro groups is 2. The van der Waals surface area contributed by atoms with Gasteiger partial charge in [-0.05, 0) is 18.2 Å². The lowest BCUT2D eigenvalue weighted by Crippen LogP contribution is -2.19. The maximum atomic E-state index is 12.7. The maximum Gasteiger partial charge on any atom is 0.280 e. The van der Waals surface area contributed by atoms with Crippen LogP contribution in [0.15, 0.2) is 41.4 Å². The lowest BCUT2D eigenvalue weighted by molar-refractivity contribution is -0.394. The number of thiazole rings is 1. The number of nitrogens with zero attached hydrogens (tertiary/aromatic N) is 4. The molecule has 29 heavy (non-hydrogen) atoms. The molecule has 1 heterocycles. The Morgan fingerprint density at radius 2 is 1.83 bits per heavy atom. The number of methoxy groups -OCH3 is 1. The zero-order chi connectivity index (χ0) is 21.1. The summed E-state index contributed by atoms with van der Waals surface area (Å²) in [6, 6.07) is 7.93. The molecule has 0 bridgehead atoms. The van der Waals surface area contributed by atoms with Crippen LogP contribution in [0.3, 0.4) is 0 Å². The molecule has 0 atom stereocenters. The summed E-state index contributed by atoms with van der Waals surface area (Å²) in [4.78, 5) is 37.5. The van der Waals surface area contributed by atoms with E-state index >= 15 is 0 Å². The van der Waals surface area contributed by atoms with E-state index in [-0.39, 0.29) is 5.56 Å². The van der Waals surface area contributed by atoms with Crippen LogP contribution in [-0.4, -0.2) is 34.0 Å². The first-order valence-electron chi connectivity index (χ1n) is 8.11. The van der Waals surface area contributed by atoms with Crippen molar-refractivity contribution in [2.45, 2.75) is 6.54 Å². The highest BCUT2D eigenvalue weighted by atomic mass is 35.5. The van der Waals surface area contributed by atoms with Crippen molar-refractivity contribution < 1.29 is 19.4 Å². The second-order valence-corrected chi connectivity index (χ2v) is 7.26. The minimum Gasteiger partial charge on any atom is -0.383 e. The lowest BCUT2D eigenvalue weighted by atomic mass is 10.1. The Morgan fingerprint density at radius 3 is 2.41 bits per heavy atom. The molecule has 0 N–H and O–H groups in total. The second kappa shape index (κ2) is 8.47. The summed E-state index contributed by atoms with van der Waals surface area (Å²) in [7, 11) is 1.54. The molecule has 2 aromatic carbocycles. The molecule has 0 saturated heterocycles. The van der Waals surface area contributed by atoms with Gasteiger partial charge in [-0.2, -0.15) is 4.99 Å². The first-order chi connectivity index (χ1) is 13.8. The fourth-order valence-electron chi connectivity index (χ4n) is 2.61. The summed E-state index contributed by atoms with van der Waals surface area (Å²) in [6.07, 6.45) is 0. The fourth-order valence-corrected chi connectivity index (χ4v) is 3.94. The molecule has 0 aliphatic heterocycles. The fraction of sp³-hybridized carbons (Fsp3) is 0.176. The van der Waals surface area contributed by atoms with E-state index < -0.39 is 27.1 Å². The van der Waals surface area contributed by atoms with Crippen LogP contribution in [0.1, 0.15) is 10.4 Å². The number of amides is 1. The summed E-state index contributed by atoms with van der Waals surface area (Å²) in [6.45, 7) is 0.761. The van der Waals surface area contributed by atoms with Crippen molar-refractivity contribution in [2.75, 3.05) is 13.7 Å². The number of ether oxygens (including phenoxy) is 1. The highest BCUT2D eigenvalue weighted by Gasteiger charge is 2.20. The predicted octanol–water partition coefficient (Wildman–Crippen LogP) is 3.56. The van der Waals surface area contributed by atoms with Crippen molar-refractivity contribution in [2.24, 2.45) is 4.99 Å². The number of halogens is 1. The van der Waals surface area contributed by atoms with Gasteiger partial charge in [0.1, 0.15) is 0 Å². The maximum absolute atomic E-state index is 12.7. The van der Waals surface area contributed by atoms with E-state index in [4.69, 9.17) is 16.3 Å². The number of aromatic nitrogens is 1. The molecule has 0 aliphatic carbocycles. The number of nitro benzene ring substituents is 2. The van der Waals surface area contributed by atoms with E-state index in [1.807, 2.05) is 0 Å². The van der Waals surface area contributed by atoms with Crippen LogP contribution in [0, 0.1) is 20.2 Å². The molecule has 1 amide bonds. The number of rotatable bonds is 6. The predicted molar refractivity (Wildman–Crippen MR) is 106 cm³/mol. The number of fused-ring (bicyclic) bond motifs is 1. The van der Waals surface area contributed by atoms with Crippen molar-refractivity contribution in [3.63, 3.8) is 0 Å². The molecule has 12 heteroatoms. The van der Waals surface area contributed by atoms with Gasteiger partial charge in [0.2, 0.25) is 0 Å². The van der Waals surface area contributed by atoms with Gasteiger partial charge in [-0.25, -0.2) is 0 Å². The van der Waals surface area contributed by atoms with Gasteiger partial charge in [0.15, 0.2) is 4.80 Å². The molecule has 0 saturated carbocycles. The quantitative estimate of drug-likeness (QED) is 0.429. The molecule has 0 spiro atoms. The Labute approximate surface area is 171 Å². The Bertz CT molecular complexity index is 1170. The van der Waals surface area contributed by atoms with Gasteiger partial charge in [-0.15, -0.1) is 0 Å². The van der Waals surface area contributed by atoms with E-state index in [0.717, 1.165) is 28.4 Å². The summed E-state index contributed by atoms with van der Waals surface area (Å²) >= 11 is 7.23. The topological polar surface area (TPSA) is 130 Å². The van der Waals surface area contributed by atoms with Crippen molar-refractivity contribution in [3.8, 4) is 0 Å². The lowest BCUT2D eigenvalue weighted by Gasteiger charge is -2.04. The molecule has 3 aromatic rings. The summed E-state index contributed by atoms with van der Waals surface area (Å²) in [5.74, 6) is -0.833. The molecule has 0 unspecified atom stereocenters. The SMILES string of the molecule is COCCn1c(=NC(=O)c2cc([N+](=O)[O-])cc([N+](=O)[O-])c2)sc2cc(Cl)ccc21. The highest BCUT2D eigenvalue weighted by molar-refractivity contribution is 7.16. The number of non-ortho nitro benzene ring substituents is 2. The molecule has 150 valence electrons.